The highest BCUT2D eigenvalue weighted by atomic mass is 19.1. The van der Waals surface area contributed by atoms with Gasteiger partial charge in [0.25, 0.3) is 0 Å². The number of nitrogens with two attached hydrogens (primary N) is 1. The first kappa shape index (κ1) is 26.1. The molecule has 0 aliphatic rings. The lowest BCUT2D eigenvalue weighted by molar-refractivity contribution is -0.118. The molecular formula is C25H34FN3O4. The number of aromatic hydroxyl groups is 1. The van der Waals surface area contributed by atoms with E-state index in [0.29, 0.717) is 38.0 Å². The van der Waals surface area contributed by atoms with Gasteiger partial charge in [0.2, 0.25) is 6.41 Å². The lowest BCUT2D eigenvalue weighted by Gasteiger charge is -2.29. The summed E-state index contributed by atoms with van der Waals surface area (Å²) < 4.78 is 19.0. The highest BCUT2D eigenvalue weighted by Gasteiger charge is 2.23. The van der Waals surface area contributed by atoms with Gasteiger partial charge in [-0.2, -0.15) is 0 Å². The van der Waals surface area contributed by atoms with Crippen LogP contribution in [0.1, 0.15) is 38.3 Å². The number of ether oxygens (including phenoxy) is 1. The molecule has 0 aliphatic heterocycles. The average Bonchev–Trinajstić information content (AvgIpc) is 2.71. The van der Waals surface area contributed by atoms with Crippen LogP contribution in [0.3, 0.4) is 0 Å². The van der Waals surface area contributed by atoms with Crippen molar-refractivity contribution in [1.82, 2.24) is 9.80 Å². The Morgan fingerprint density at radius 2 is 1.82 bits per heavy atom. The Morgan fingerprint density at radius 1 is 1.12 bits per heavy atom. The highest BCUT2D eigenvalue weighted by molar-refractivity contribution is 5.68. The quantitative estimate of drug-likeness (QED) is 0.500. The van der Waals surface area contributed by atoms with Crippen molar-refractivity contribution in [3.63, 3.8) is 0 Å². The van der Waals surface area contributed by atoms with Gasteiger partial charge in [0.05, 0.1) is 0 Å². The van der Waals surface area contributed by atoms with Crippen LogP contribution in [0.2, 0.25) is 0 Å². The summed E-state index contributed by atoms with van der Waals surface area (Å²) in [6.07, 6.45) is 1.07. The standard InChI is InChI=1S/C25H34FN3O4/c1-25(2,3)33-24(32)29(12-11-28(18-30)17-19-7-5-4-6-8-19)10-9-22(27)14-20-13-21(26)16-23(31)15-20/h4-8,13,15-16,18,22,31H,9-12,14,17,27H2,1-3H3/t22-/m1/s1. The fraction of sp³-hybridized carbons (Fsp3) is 0.440. The van der Waals surface area contributed by atoms with Gasteiger partial charge in [-0.25, -0.2) is 9.18 Å². The zero-order valence-corrected chi connectivity index (χ0v) is 19.5. The number of rotatable bonds is 11. The molecule has 2 amide bonds. The van der Waals surface area contributed by atoms with E-state index in [1.54, 1.807) is 25.7 Å². The second kappa shape index (κ2) is 12.2. The van der Waals surface area contributed by atoms with E-state index in [9.17, 15) is 19.1 Å². The molecule has 0 saturated heterocycles. The number of halogens is 1. The fourth-order valence-electron chi connectivity index (χ4n) is 3.33. The van der Waals surface area contributed by atoms with Gasteiger partial charge >= 0.3 is 6.09 Å². The summed E-state index contributed by atoms with van der Waals surface area (Å²) in [5.41, 5.74) is 7.13. The third kappa shape index (κ3) is 9.91. The van der Waals surface area contributed by atoms with Gasteiger partial charge in [0, 0.05) is 38.3 Å². The van der Waals surface area contributed by atoms with Gasteiger partial charge in [-0.3, -0.25) is 4.79 Å². The van der Waals surface area contributed by atoms with Crippen molar-refractivity contribution >= 4 is 12.5 Å². The summed E-state index contributed by atoms with van der Waals surface area (Å²) in [6, 6.07) is 13.1. The molecule has 3 N–H and O–H groups in total. The van der Waals surface area contributed by atoms with Gasteiger partial charge < -0.3 is 25.4 Å². The number of nitrogens with zero attached hydrogens (tertiary/aromatic N) is 2. The summed E-state index contributed by atoms with van der Waals surface area (Å²) in [5, 5.41) is 9.57. The first-order chi connectivity index (χ1) is 15.6. The van der Waals surface area contributed by atoms with Gasteiger partial charge in [0.1, 0.15) is 17.2 Å². The van der Waals surface area contributed by atoms with Gasteiger partial charge in [-0.05, 0) is 56.9 Å². The number of hydrogen-bond donors (Lipinski definition) is 2. The number of carbonyl (C=O) groups excluding carboxylic acids is 2. The molecule has 0 saturated carbocycles. The molecule has 0 aliphatic carbocycles. The third-order valence-corrected chi connectivity index (χ3v) is 4.90. The van der Waals surface area contributed by atoms with E-state index in [0.717, 1.165) is 18.0 Å². The van der Waals surface area contributed by atoms with Crippen LogP contribution in [-0.4, -0.2) is 58.7 Å². The summed E-state index contributed by atoms with van der Waals surface area (Å²) in [6.45, 7) is 6.75. The van der Waals surface area contributed by atoms with Crippen LogP contribution in [0.15, 0.2) is 48.5 Å². The maximum absolute atomic E-state index is 13.5. The van der Waals surface area contributed by atoms with E-state index >= 15 is 0 Å². The lowest BCUT2D eigenvalue weighted by atomic mass is 10.0. The number of carbonyl (C=O) groups is 2. The molecule has 0 spiro atoms. The van der Waals surface area contributed by atoms with Crippen molar-refractivity contribution in [1.29, 1.82) is 0 Å². The molecule has 1 atom stereocenters. The molecule has 0 radical (unpaired) electrons. The molecule has 0 bridgehead atoms. The Balaban J connectivity index is 1.98. The predicted molar refractivity (Wildman–Crippen MR) is 125 cm³/mol. The summed E-state index contributed by atoms with van der Waals surface area (Å²) >= 11 is 0. The summed E-state index contributed by atoms with van der Waals surface area (Å²) in [5.74, 6) is -0.681. The molecule has 0 heterocycles. The largest absolute Gasteiger partial charge is 0.508 e. The molecular weight excluding hydrogens is 425 g/mol. The molecule has 2 aromatic rings. The lowest BCUT2D eigenvalue weighted by Crippen LogP contribution is -2.43. The molecule has 7 nitrogen and oxygen atoms in total. The first-order valence-corrected chi connectivity index (χ1v) is 11.0. The van der Waals surface area contributed by atoms with Gasteiger partial charge in [0.15, 0.2) is 0 Å². The number of benzene rings is 2. The van der Waals surface area contributed by atoms with Crippen LogP contribution in [0, 0.1) is 5.82 Å². The Kier molecular flexibility index (Phi) is 9.66. The fourth-order valence-corrected chi connectivity index (χ4v) is 3.33. The van der Waals surface area contributed by atoms with E-state index in [2.05, 4.69) is 0 Å². The number of phenolic OH excluding ortho intramolecular Hbond substituents is 1. The maximum Gasteiger partial charge on any atom is 0.410 e. The highest BCUT2D eigenvalue weighted by Crippen LogP contribution is 2.17. The number of phenols is 1. The van der Waals surface area contributed by atoms with Crippen molar-refractivity contribution in [2.75, 3.05) is 19.6 Å². The van der Waals surface area contributed by atoms with Crippen LogP contribution in [0.25, 0.3) is 0 Å². The maximum atomic E-state index is 13.5. The van der Waals surface area contributed by atoms with E-state index in [1.807, 2.05) is 30.3 Å². The van der Waals surface area contributed by atoms with Crippen LogP contribution >= 0.6 is 0 Å². The third-order valence-electron chi connectivity index (χ3n) is 4.90. The molecule has 2 aromatic carbocycles. The number of hydrogen-bond acceptors (Lipinski definition) is 5. The minimum atomic E-state index is -0.662. The van der Waals surface area contributed by atoms with Gasteiger partial charge in [-0.15, -0.1) is 0 Å². The zero-order chi connectivity index (χ0) is 24.4. The predicted octanol–water partition coefficient (Wildman–Crippen LogP) is 3.69. The topological polar surface area (TPSA) is 96.1 Å². The van der Waals surface area contributed by atoms with E-state index in [-0.39, 0.29) is 18.3 Å². The first-order valence-electron chi connectivity index (χ1n) is 11.0. The average molecular weight is 460 g/mol. The molecule has 0 unspecified atom stereocenters. The smallest absolute Gasteiger partial charge is 0.410 e. The van der Waals surface area contributed by atoms with Crippen molar-refractivity contribution in [2.45, 2.75) is 51.8 Å². The summed E-state index contributed by atoms with van der Waals surface area (Å²) in [7, 11) is 0. The zero-order valence-electron chi connectivity index (χ0n) is 19.5. The van der Waals surface area contributed by atoms with Crippen molar-refractivity contribution in [2.24, 2.45) is 5.73 Å². The summed E-state index contributed by atoms with van der Waals surface area (Å²) in [4.78, 5) is 27.5. The van der Waals surface area contributed by atoms with Crippen molar-refractivity contribution in [3.8, 4) is 5.75 Å². The second-order valence-electron chi connectivity index (χ2n) is 9.10. The van der Waals surface area contributed by atoms with Crippen LogP contribution in [0.4, 0.5) is 9.18 Å². The molecule has 33 heavy (non-hydrogen) atoms. The molecule has 180 valence electrons. The van der Waals surface area contributed by atoms with E-state index < -0.39 is 17.5 Å². The van der Waals surface area contributed by atoms with Crippen LogP contribution < -0.4 is 5.73 Å². The van der Waals surface area contributed by atoms with Crippen LogP contribution in [-0.2, 0) is 22.5 Å². The van der Waals surface area contributed by atoms with Gasteiger partial charge in [-0.1, -0.05) is 30.3 Å². The molecule has 0 fully saturated rings. The van der Waals surface area contributed by atoms with Crippen molar-refractivity contribution in [3.05, 3.63) is 65.5 Å². The SMILES string of the molecule is CC(C)(C)OC(=O)N(CC[C@@H](N)Cc1cc(O)cc(F)c1)CCN(C=O)Cc1ccccc1. The van der Waals surface area contributed by atoms with E-state index in [1.165, 1.54) is 17.0 Å². The Bertz CT molecular complexity index is 882. The number of amides is 2. The minimum Gasteiger partial charge on any atom is -0.508 e. The second-order valence-corrected chi connectivity index (χ2v) is 9.10. The molecule has 2 rings (SSSR count). The molecule has 0 aromatic heterocycles. The molecule has 8 heteroatoms. The van der Waals surface area contributed by atoms with Crippen molar-refractivity contribution < 1.29 is 23.8 Å². The normalized spacial score (nSPS) is 12.2. The van der Waals surface area contributed by atoms with E-state index in [4.69, 9.17) is 10.5 Å². The Labute approximate surface area is 194 Å². The monoisotopic (exact) mass is 459 g/mol. The Hall–Kier alpha value is -3.13. The Morgan fingerprint density at radius 3 is 2.42 bits per heavy atom. The van der Waals surface area contributed by atoms with Crippen LogP contribution in [0.5, 0.6) is 5.75 Å². The minimum absolute atomic E-state index is 0.153.